The van der Waals surface area contributed by atoms with Gasteiger partial charge < -0.3 is 14.4 Å². The second-order valence-electron chi connectivity index (χ2n) is 8.49. The van der Waals surface area contributed by atoms with E-state index in [0.29, 0.717) is 5.92 Å². The Bertz CT molecular complexity index is 767. The monoisotopic (exact) mass is 363 g/mol. The van der Waals surface area contributed by atoms with Gasteiger partial charge in [-0.1, -0.05) is 42.5 Å². The Balaban J connectivity index is 1.14. The lowest BCUT2D eigenvalue weighted by atomic mass is 9.87. The zero-order valence-electron chi connectivity index (χ0n) is 16.0. The van der Waals surface area contributed by atoms with Crippen molar-refractivity contribution in [2.45, 2.75) is 49.7 Å². The Morgan fingerprint density at radius 3 is 2.63 bits per heavy atom. The first kappa shape index (κ1) is 17.3. The van der Waals surface area contributed by atoms with Crippen LogP contribution in [0.3, 0.4) is 0 Å². The van der Waals surface area contributed by atoms with Gasteiger partial charge in [0.05, 0.1) is 12.2 Å². The predicted molar refractivity (Wildman–Crippen MR) is 107 cm³/mol. The van der Waals surface area contributed by atoms with Crippen molar-refractivity contribution < 1.29 is 9.47 Å². The van der Waals surface area contributed by atoms with Crippen molar-refractivity contribution in [2.24, 2.45) is 0 Å². The average Bonchev–Trinajstić information content (AvgIpc) is 3.29. The van der Waals surface area contributed by atoms with Crippen molar-refractivity contribution in [1.82, 2.24) is 4.90 Å². The fourth-order valence-electron chi connectivity index (χ4n) is 5.21. The number of hydrogen-bond donors (Lipinski definition) is 0. The Kier molecular flexibility index (Phi) is 4.66. The van der Waals surface area contributed by atoms with Crippen LogP contribution in [0.2, 0.25) is 0 Å². The molecule has 0 radical (unpaired) electrons. The first-order valence-electron chi connectivity index (χ1n) is 10.5. The highest BCUT2D eigenvalue weighted by atomic mass is 16.6. The van der Waals surface area contributed by atoms with Crippen LogP contribution >= 0.6 is 0 Å². The van der Waals surface area contributed by atoms with Crippen LogP contribution in [-0.2, 0) is 11.2 Å². The van der Waals surface area contributed by atoms with E-state index in [2.05, 4.69) is 29.2 Å². The van der Waals surface area contributed by atoms with E-state index < -0.39 is 0 Å². The Morgan fingerprint density at radius 1 is 1.00 bits per heavy atom. The summed E-state index contributed by atoms with van der Waals surface area (Å²) in [6, 6.07) is 19.2. The number of benzene rings is 2. The summed E-state index contributed by atoms with van der Waals surface area (Å²) < 4.78 is 12.4. The average molecular weight is 364 g/mol. The smallest absolute Gasteiger partial charge is 0.125 e. The molecule has 3 heteroatoms. The van der Waals surface area contributed by atoms with Gasteiger partial charge in [0.15, 0.2) is 0 Å². The van der Waals surface area contributed by atoms with Crippen LogP contribution in [0.15, 0.2) is 54.6 Å². The molecule has 0 saturated carbocycles. The molecule has 2 aromatic carbocycles. The molecule has 2 aliphatic heterocycles. The predicted octanol–water partition coefficient (Wildman–Crippen LogP) is 4.42. The molecule has 0 amide bonds. The fraction of sp³-hybridized carbons (Fsp3) is 0.500. The van der Waals surface area contributed by atoms with E-state index in [1.165, 1.54) is 19.4 Å². The van der Waals surface area contributed by atoms with Crippen LogP contribution in [-0.4, -0.2) is 42.8 Å². The van der Waals surface area contributed by atoms with Gasteiger partial charge in [0.2, 0.25) is 0 Å². The van der Waals surface area contributed by atoms with Crippen LogP contribution in [0.4, 0.5) is 0 Å². The molecule has 2 atom stereocenters. The van der Waals surface area contributed by atoms with Crippen molar-refractivity contribution in [1.29, 1.82) is 0 Å². The van der Waals surface area contributed by atoms with Gasteiger partial charge in [-0.15, -0.1) is 0 Å². The molecule has 3 nitrogen and oxygen atoms in total. The minimum Gasteiger partial charge on any atom is -0.488 e. The van der Waals surface area contributed by atoms with Crippen LogP contribution < -0.4 is 4.74 Å². The Labute approximate surface area is 162 Å². The van der Waals surface area contributed by atoms with E-state index in [1.807, 2.05) is 30.3 Å². The summed E-state index contributed by atoms with van der Waals surface area (Å²) in [5.74, 6) is 1.68. The van der Waals surface area contributed by atoms with Gasteiger partial charge in [-0.05, 0) is 54.9 Å². The van der Waals surface area contributed by atoms with E-state index in [1.54, 1.807) is 11.1 Å². The molecule has 0 aromatic heterocycles. The highest BCUT2D eigenvalue weighted by Gasteiger charge is 2.44. The number of fused-ring (bicyclic) bond motifs is 1. The molecule has 2 heterocycles. The first-order valence-corrected chi connectivity index (χ1v) is 10.5. The molecule has 2 fully saturated rings. The van der Waals surface area contributed by atoms with Crippen LogP contribution in [0.5, 0.6) is 5.75 Å². The van der Waals surface area contributed by atoms with Gasteiger partial charge in [-0.2, -0.15) is 0 Å². The number of nitrogens with zero attached hydrogens (tertiary/aromatic N) is 1. The molecule has 3 aliphatic rings. The van der Waals surface area contributed by atoms with Crippen molar-refractivity contribution in [3.05, 3.63) is 65.7 Å². The van der Waals surface area contributed by atoms with Crippen molar-refractivity contribution in [3.63, 3.8) is 0 Å². The number of ether oxygens (including phenoxy) is 2. The maximum atomic E-state index is 6.29. The van der Waals surface area contributed by atoms with Crippen LogP contribution in [0, 0.1) is 0 Å². The standard InChI is InChI=1S/C24H29NO2/c1-2-7-21(8-3-1)27-22-16-24(26-18-22)12-14-25(15-13-24)17-20-11-10-19-6-4-5-9-23(19)20/h1-9,20,22H,10-18H2. The SMILES string of the molecule is c1ccc(OC2COC3(CCN(CC4CCc5ccccc54)CC3)C2)cc1. The van der Waals surface area contributed by atoms with Gasteiger partial charge in [0, 0.05) is 26.1 Å². The Hall–Kier alpha value is -1.84. The molecule has 5 rings (SSSR count). The van der Waals surface area contributed by atoms with Gasteiger partial charge in [-0.25, -0.2) is 0 Å². The highest BCUT2D eigenvalue weighted by molar-refractivity contribution is 5.35. The van der Waals surface area contributed by atoms with E-state index >= 15 is 0 Å². The third-order valence-corrected chi connectivity index (χ3v) is 6.72. The lowest BCUT2D eigenvalue weighted by Gasteiger charge is -2.39. The number of hydrogen-bond acceptors (Lipinski definition) is 3. The molecule has 2 saturated heterocycles. The lowest BCUT2D eigenvalue weighted by Crippen LogP contribution is -2.45. The van der Waals surface area contributed by atoms with E-state index in [9.17, 15) is 0 Å². The molecule has 2 unspecified atom stereocenters. The second-order valence-corrected chi connectivity index (χ2v) is 8.49. The summed E-state index contributed by atoms with van der Waals surface area (Å²) in [6.07, 6.45) is 6.05. The van der Waals surface area contributed by atoms with Gasteiger partial charge in [-0.3, -0.25) is 0 Å². The van der Waals surface area contributed by atoms with Crippen molar-refractivity contribution in [2.75, 3.05) is 26.2 Å². The molecule has 1 spiro atoms. The van der Waals surface area contributed by atoms with Gasteiger partial charge >= 0.3 is 0 Å². The van der Waals surface area contributed by atoms with Crippen molar-refractivity contribution in [3.8, 4) is 5.75 Å². The third-order valence-electron chi connectivity index (χ3n) is 6.72. The third kappa shape index (κ3) is 3.63. The minimum atomic E-state index is 0.0452. The highest BCUT2D eigenvalue weighted by Crippen LogP contribution is 2.39. The quantitative estimate of drug-likeness (QED) is 0.803. The maximum Gasteiger partial charge on any atom is 0.125 e. The van der Waals surface area contributed by atoms with Gasteiger partial charge in [0.1, 0.15) is 11.9 Å². The number of piperidine rings is 1. The van der Waals surface area contributed by atoms with E-state index in [0.717, 1.165) is 44.7 Å². The zero-order valence-corrected chi connectivity index (χ0v) is 16.0. The van der Waals surface area contributed by atoms with Crippen LogP contribution in [0.1, 0.15) is 42.7 Å². The molecular weight excluding hydrogens is 334 g/mol. The maximum absolute atomic E-state index is 6.29. The zero-order chi connectivity index (χ0) is 18.1. The summed E-state index contributed by atoms with van der Waals surface area (Å²) in [7, 11) is 0. The molecule has 0 bridgehead atoms. The topological polar surface area (TPSA) is 21.7 Å². The molecule has 1 aliphatic carbocycles. The lowest BCUT2D eigenvalue weighted by molar-refractivity contribution is -0.0448. The second kappa shape index (κ2) is 7.29. The summed E-state index contributed by atoms with van der Waals surface area (Å²) in [5.41, 5.74) is 3.20. The number of likely N-dealkylation sites (tertiary alicyclic amines) is 1. The molecule has 2 aromatic rings. The van der Waals surface area contributed by atoms with Crippen molar-refractivity contribution >= 4 is 0 Å². The van der Waals surface area contributed by atoms with E-state index in [4.69, 9.17) is 9.47 Å². The minimum absolute atomic E-state index is 0.0452. The number of aryl methyl sites for hydroxylation is 1. The molecular formula is C24H29NO2. The van der Waals surface area contributed by atoms with E-state index in [-0.39, 0.29) is 11.7 Å². The largest absolute Gasteiger partial charge is 0.488 e. The molecule has 27 heavy (non-hydrogen) atoms. The molecule has 142 valence electrons. The number of para-hydroxylation sites is 1. The fourth-order valence-corrected chi connectivity index (χ4v) is 5.21. The Morgan fingerprint density at radius 2 is 1.78 bits per heavy atom. The van der Waals surface area contributed by atoms with Gasteiger partial charge in [0.25, 0.3) is 0 Å². The molecule has 0 N–H and O–H groups in total. The van der Waals surface area contributed by atoms with Crippen LogP contribution in [0.25, 0.3) is 0 Å². The normalized spacial score (nSPS) is 27.0. The summed E-state index contributed by atoms with van der Waals surface area (Å²) in [5, 5.41) is 0. The summed E-state index contributed by atoms with van der Waals surface area (Å²) in [4.78, 5) is 2.66. The summed E-state index contributed by atoms with van der Waals surface area (Å²) in [6.45, 7) is 4.23. The number of rotatable bonds is 4. The first-order chi connectivity index (χ1) is 13.3. The summed E-state index contributed by atoms with van der Waals surface area (Å²) >= 11 is 0.